The van der Waals surface area contributed by atoms with Gasteiger partial charge in [-0.25, -0.2) is 28.5 Å². The molecule has 3 N–H and O–H groups in total. The fourth-order valence-electron chi connectivity index (χ4n) is 5.86. The molecule has 0 spiro atoms. The van der Waals surface area contributed by atoms with Gasteiger partial charge in [0.15, 0.2) is 41.8 Å². The summed E-state index contributed by atoms with van der Waals surface area (Å²) >= 11 is 0. The van der Waals surface area contributed by atoms with Crippen LogP contribution in [-0.2, 0) is 36.6 Å². The number of nitrogens with zero attached hydrogens (tertiary/aromatic N) is 7. The number of aliphatic hydroxyl groups is 1. The van der Waals surface area contributed by atoms with Crippen molar-refractivity contribution in [2.45, 2.75) is 62.1 Å². The lowest BCUT2D eigenvalue weighted by Crippen LogP contribution is -2.37. The number of alkyl halides is 2. The third-order valence-corrected chi connectivity index (χ3v) is 11.0. The minimum Gasteiger partial charge on any atom is -0.394 e. The summed E-state index contributed by atoms with van der Waals surface area (Å²) in [7, 11) is -4.99. The number of imidazole rings is 1. The van der Waals surface area contributed by atoms with Crippen molar-refractivity contribution >= 4 is 40.1 Å². The Hall–Kier alpha value is -5.00. The van der Waals surface area contributed by atoms with Crippen molar-refractivity contribution in [1.82, 2.24) is 29.1 Å². The Bertz CT molecular complexity index is 2280. The molecule has 4 aromatic rings. The number of ether oxygens (including phenoxy) is 2. The molecule has 0 radical (unpaired) electrons. The predicted octanol–water partition coefficient (Wildman–Crippen LogP) is 3.40. The maximum atomic E-state index is 16.9. The summed E-state index contributed by atoms with van der Waals surface area (Å²) in [4.78, 5) is 52.1. The van der Waals surface area contributed by atoms with Gasteiger partial charge in [0, 0.05) is 17.8 Å². The molecule has 2 fully saturated rings. The lowest BCUT2D eigenvalue weighted by Gasteiger charge is -2.27. The van der Waals surface area contributed by atoms with Crippen LogP contribution in [0.5, 0.6) is 0 Å². The lowest BCUT2D eigenvalue weighted by molar-refractivity contribution is -0.0586. The van der Waals surface area contributed by atoms with E-state index in [0.29, 0.717) is 5.56 Å². The normalized spacial score (nSPS) is 24.8. The second kappa shape index (κ2) is 21.5. The molecule has 0 bridgehead atoms. The molecule has 0 saturated carbocycles. The molecule has 3 aromatic heterocycles. The van der Waals surface area contributed by atoms with Crippen LogP contribution in [0, 0.1) is 22.7 Å². The third kappa shape index (κ3) is 10.7. The standard InChI is InChI=1S/C35H37F2N9O12P2/c1-2-14-51-59(52-15-6-11-38)57-28-23(56-33(26(28)37)46-20-42-27-30(40-19-41-31(27)46)44-32(49)21-8-4-3-5-9-21)18-54-60(53-16-7-12-39)58-29-25(36)22(17-47)55-34(29)45-13-10-24(48)43-35(45)50/h2-5,8-10,13,19-20,22-23,25-26,28-29,33-34,47H,1,6-7,14-18H2,(H,43,48,50)(H,40,41,44,49). The zero-order valence-corrected chi connectivity index (χ0v) is 33.1. The minimum atomic E-state index is -2.66. The Kier molecular flexibility index (Phi) is 16.0. The molecule has 25 heteroatoms. The smallest absolute Gasteiger partial charge is 0.333 e. The molecule has 5 heterocycles. The van der Waals surface area contributed by atoms with E-state index in [-0.39, 0.29) is 49.6 Å². The minimum absolute atomic E-state index is 0.0335. The van der Waals surface area contributed by atoms with E-state index in [1.165, 1.54) is 17.0 Å². The zero-order valence-electron chi connectivity index (χ0n) is 31.3. The predicted molar refractivity (Wildman–Crippen MR) is 204 cm³/mol. The van der Waals surface area contributed by atoms with E-state index in [1.807, 2.05) is 17.1 Å². The van der Waals surface area contributed by atoms with Crippen molar-refractivity contribution in [1.29, 1.82) is 10.5 Å². The van der Waals surface area contributed by atoms with Gasteiger partial charge in [0.2, 0.25) is 0 Å². The summed E-state index contributed by atoms with van der Waals surface area (Å²) in [6, 6.07) is 13.2. The van der Waals surface area contributed by atoms with Crippen LogP contribution in [0.1, 0.15) is 35.7 Å². The second-order valence-corrected chi connectivity index (χ2v) is 14.9. The van der Waals surface area contributed by atoms with Gasteiger partial charge in [-0.15, -0.1) is 6.58 Å². The maximum absolute atomic E-state index is 16.9. The summed E-state index contributed by atoms with van der Waals surface area (Å²) < 4.78 is 81.3. The number of nitriles is 2. The maximum Gasteiger partial charge on any atom is 0.333 e. The number of hydrogen-bond acceptors (Lipinski definition) is 17. The fourth-order valence-corrected chi connectivity index (χ4v) is 8.10. The summed E-state index contributed by atoms with van der Waals surface area (Å²) in [5.74, 6) is -0.449. The molecule has 1 amide bonds. The van der Waals surface area contributed by atoms with Gasteiger partial charge in [-0.3, -0.25) is 23.7 Å². The molecule has 1 aromatic carbocycles. The number of rotatable bonds is 21. The summed E-state index contributed by atoms with van der Waals surface area (Å²) in [5, 5.41) is 30.7. The Morgan fingerprint density at radius 3 is 2.32 bits per heavy atom. The number of nitrogens with one attached hydrogen (secondary N) is 2. The number of aliphatic hydroxyl groups excluding tert-OH is 1. The Morgan fingerprint density at radius 1 is 0.933 bits per heavy atom. The first kappa shape index (κ1) is 44.5. The monoisotopic (exact) mass is 875 g/mol. The van der Waals surface area contributed by atoms with Gasteiger partial charge in [0.05, 0.1) is 64.3 Å². The number of aromatic nitrogens is 6. The van der Waals surface area contributed by atoms with Gasteiger partial charge in [0.1, 0.15) is 30.7 Å². The Morgan fingerprint density at radius 2 is 1.63 bits per heavy atom. The van der Waals surface area contributed by atoms with Gasteiger partial charge in [-0.05, 0) is 12.1 Å². The molecular formula is C35H37F2N9O12P2. The Labute approximate surface area is 341 Å². The van der Waals surface area contributed by atoms with Crippen molar-refractivity contribution in [2.75, 3.05) is 38.4 Å². The number of aromatic amines is 1. The van der Waals surface area contributed by atoms with Crippen molar-refractivity contribution in [3.05, 3.63) is 94.3 Å². The number of benzene rings is 1. The highest BCUT2D eigenvalue weighted by Crippen LogP contribution is 2.50. The zero-order chi connectivity index (χ0) is 42.6. The van der Waals surface area contributed by atoms with Crippen LogP contribution in [0.4, 0.5) is 14.6 Å². The molecule has 318 valence electrons. The summed E-state index contributed by atoms with van der Waals surface area (Å²) in [6.07, 6.45) is -8.47. The molecule has 10 atom stereocenters. The van der Waals surface area contributed by atoms with Gasteiger partial charge in [0.25, 0.3) is 11.5 Å². The first-order valence-corrected chi connectivity index (χ1v) is 20.2. The van der Waals surface area contributed by atoms with Crippen LogP contribution in [0.15, 0.2) is 77.5 Å². The molecule has 2 saturated heterocycles. The van der Waals surface area contributed by atoms with Gasteiger partial charge in [-0.1, -0.05) is 24.3 Å². The van der Waals surface area contributed by atoms with Gasteiger partial charge in [-0.2, -0.15) is 10.5 Å². The van der Waals surface area contributed by atoms with Gasteiger partial charge >= 0.3 is 22.9 Å². The molecule has 21 nitrogen and oxygen atoms in total. The molecule has 6 rings (SSSR count). The van der Waals surface area contributed by atoms with Crippen LogP contribution in [-0.4, -0.2) is 110 Å². The molecule has 0 aliphatic carbocycles. The first-order valence-electron chi connectivity index (χ1n) is 18.0. The topological polar surface area (TPSA) is 269 Å². The first-order chi connectivity index (χ1) is 29.2. The van der Waals surface area contributed by atoms with Crippen LogP contribution >= 0.6 is 17.2 Å². The van der Waals surface area contributed by atoms with E-state index in [4.69, 9.17) is 41.9 Å². The van der Waals surface area contributed by atoms with Crippen LogP contribution in [0.2, 0.25) is 0 Å². The number of anilines is 1. The van der Waals surface area contributed by atoms with Crippen molar-refractivity contribution in [2.24, 2.45) is 0 Å². The van der Waals surface area contributed by atoms with Gasteiger partial charge < -0.3 is 47.0 Å². The third-order valence-electron chi connectivity index (χ3n) is 8.62. The highest BCUT2D eigenvalue weighted by Gasteiger charge is 2.51. The number of amides is 1. The molecule has 2 aliphatic heterocycles. The fraction of sp³-hybridized carbons (Fsp3) is 0.429. The SMILES string of the molecule is C=CCOP(OCCC#N)OC1C(COP(OCCC#N)OC2C(F)C(CO)OC2n2ccc(=O)[nH]c2=O)OC(n2cnc3c(NC(=O)c4ccccc4)ncnc32)C1F. The number of fused-ring (bicyclic) bond motifs is 1. The van der Waals surface area contributed by atoms with E-state index in [0.717, 1.165) is 23.2 Å². The van der Waals surface area contributed by atoms with Crippen molar-refractivity contribution in [3.63, 3.8) is 0 Å². The largest absolute Gasteiger partial charge is 0.394 e. The average molecular weight is 876 g/mol. The lowest BCUT2D eigenvalue weighted by atomic mass is 10.1. The van der Waals surface area contributed by atoms with Crippen LogP contribution < -0.4 is 16.6 Å². The van der Waals surface area contributed by atoms with Crippen molar-refractivity contribution < 1.29 is 55.3 Å². The number of hydrogen-bond donors (Lipinski definition) is 3. The van der Waals surface area contributed by atoms with Crippen molar-refractivity contribution in [3.8, 4) is 12.1 Å². The van der Waals surface area contributed by atoms with E-state index in [9.17, 15) is 24.8 Å². The van der Waals surface area contributed by atoms with E-state index >= 15 is 8.78 Å². The molecule has 10 unspecified atom stereocenters. The average Bonchev–Trinajstić information content (AvgIpc) is 3.92. The second-order valence-electron chi connectivity index (χ2n) is 12.5. The number of carbonyl (C=O) groups is 1. The van der Waals surface area contributed by atoms with Crippen LogP contribution in [0.3, 0.4) is 0 Å². The summed E-state index contributed by atoms with van der Waals surface area (Å²) in [5.41, 5.74) is -1.17. The molecule has 2 aliphatic rings. The molecule has 60 heavy (non-hydrogen) atoms. The quantitative estimate of drug-likeness (QED) is 0.0615. The van der Waals surface area contributed by atoms with E-state index in [2.05, 4.69) is 26.8 Å². The summed E-state index contributed by atoms with van der Waals surface area (Å²) in [6.45, 7) is 1.77. The molecular weight excluding hydrogens is 838 g/mol. The highest BCUT2D eigenvalue weighted by molar-refractivity contribution is 7.42. The van der Waals surface area contributed by atoms with E-state index in [1.54, 1.807) is 30.3 Å². The van der Waals surface area contributed by atoms with E-state index < -0.39 is 96.8 Å². The Balaban J connectivity index is 1.27. The van der Waals surface area contributed by atoms with Crippen LogP contribution in [0.25, 0.3) is 11.2 Å². The number of carbonyl (C=O) groups excluding carboxylic acids is 1. The number of H-pyrrole nitrogens is 1. The number of halogens is 2. The highest BCUT2D eigenvalue weighted by atomic mass is 31.2.